The van der Waals surface area contributed by atoms with E-state index in [-0.39, 0.29) is 0 Å². The van der Waals surface area contributed by atoms with Gasteiger partial charge < -0.3 is 28.4 Å². The summed E-state index contributed by atoms with van der Waals surface area (Å²) in [5.41, 5.74) is 0. The molecule has 6 aromatic rings. The van der Waals surface area contributed by atoms with Crippen molar-refractivity contribution in [2.45, 2.75) is 13.0 Å². The first-order chi connectivity index (χ1) is 20.8. The van der Waals surface area contributed by atoms with Crippen molar-refractivity contribution in [1.29, 1.82) is 0 Å². The van der Waals surface area contributed by atoms with E-state index >= 15 is 0 Å². The number of hydrogen-bond donors (Lipinski definition) is 0. The van der Waals surface area contributed by atoms with Gasteiger partial charge in [0.1, 0.15) is 34.5 Å². The Bertz CT molecular complexity index is 1470. The van der Waals surface area contributed by atoms with Crippen LogP contribution in [0.25, 0.3) is 10.8 Å². The van der Waals surface area contributed by atoms with E-state index in [1.165, 1.54) is 0 Å². The van der Waals surface area contributed by atoms with Crippen LogP contribution >= 0.6 is 0 Å². The zero-order valence-corrected chi connectivity index (χ0v) is 22.6. The molecule has 42 heavy (non-hydrogen) atoms. The van der Waals surface area contributed by atoms with Crippen LogP contribution in [0.2, 0.25) is 0 Å². The highest BCUT2D eigenvalue weighted by Gasteiger charge is 2.17. The molecule has 0 radical (unpaired) electrons. The number of benzene rings is 6. The number of para-hydroxylation sites is 4. The molecular formula is C36H28O6. The molecule has 0 amide bonds. The van der Waals surface area contributed by atoms with Crippen LogP contribution in [0.5, 0.6) is 34.5 Å². The summed E-state index contributed by atoms with van der Waals surface area (Å²) in [6.45, 7) is -2.00. The van der Waals surface area contributed by atoms with Gasteiger partial charge in [0.15, 0.2) is 0 Å². The molecule has 0 saturated carbocycles. The molecule has 0 fully saturated rings. The number of rotatable bonds is 12. The van der Waals surface area contributed by atoms with Crippen LogP contribution in [0.4, 0.5) is 0 Å². The Kier molecular flexibility index (Phi) is 8.33. The van der Waals surface area contributed by atoms with Crippen molar-refractivity contribution < 1.29 is 28.4 Å². The van der Waals surface area contributed by atoms with Crippen LogP contribution < -0.4 is 28.4 Å². The maximum atomic E-state index is 6.14. The second kappa shape index (κ2) is 13.2. The third-order valence-corrected chi connectivity index (χ3v) is 6.15. The fourth-order valence-electron chi connectivity index (χ4n) is 4.16. The summed E-state index contributed by atoms with van der Waals surface area (Å²) < 4.78 is 36.3. The average molecular weight is 557 g/mol. The molecule has 0 aliphatic rings. The third-order valence-electron chi connectivity index (χ3n) is 6.15. The predicted molar refractivity (Wildman–Crippen MR) is 161 cm³/mol. The molecule has 0 unspecified atom stereocenters. The Labute approximate surface area is 244 Å². The van der Waals surface area contributed by atoms with Crippen LogP contribution in [0.1, 0.15) is 0 Å². The van der Waals surface area contributed by atoms with Gasteiger partial charge in [-0.1, -0.05) is 84.9 Å². The molecule has 0 saturated heterocycles. The maximum absolute atomic E-state index is 6.14. The number of hydrogen-bond acceptors (Lipinski definition) is 6. The molecule has 6 rings (SSSR count). The second-order valence-corrected chi connectivity index (χ2v) is 9.21. The average Bonchev–Trinajstić information content (AvgIpc) is 3.03. The first-order valence-corrected chi connectivity index (χ1v) is 13.5. The number of ether oxygens (including phenoxy) is 6. The Morgan fingerprint density at radius 2 is 0.524 bits per heavy atom. The van der Waals surface area contributed by atoms with E-state index in [0.29, 0.717) is 34.5 Å². The van der Waals surface area contributed by atoms with Crippen molar-refractivity contribution in [3.8, 4) is 34.5 Å². The summed E-state index contributed by atoms with van der Waals surface area (Å²) in [5, 5.41) is 1.89. The lowest BCUT2D eigenvalue weighted by Crippen LogP contribution is -2.30. The molecule has 0 aliphatic heterocycles. The molecule has 0 aromatic heterocycles. The van der Waals surface area contributed by atoms with E-state index in [0.717, 1.165) is 10.8 Å². The molecule has 0 bridgehead atoms. The topological polar surface area (TPSA) is 55.4 Å². The van der Waals surface area contributed by atoms with Gasteiger partial charge in [-0.3, -0.25) is 0 Å². The molecule has 6 nitrogen and oxygen atoms in total. The highest BCUT2D eigenvalue weighted by Crippen LogP contribution is 2.28. The van der Waals surface area contributed by atoms with E-state index in [1.807, 2.05) is 158 Å². The quantitative estimate of drug-likeness (QED) is 0.141. The normalized spacial score (nSPS) is 10.8. The lowest BCUT2D eigenvalue weighted by Gasteiger charge is -2.22. The summed E-state index contributed by atoms with van der Waals surface area (Å²) in [6.07, 6.45) is 0. The van der Waals surface area contributed by atoms with Gasteiger partial charge in [0.05, 0.1) is 0 Å². The van der Waals surface area contributed by atoms with Crippen molar-refractivity contribution in [2.75, 3.05) is 0 Å². The molecule has 208 valence electrons. The van der Waals surface area contributed by atoms with Gasteiger partial charge in [0, 0.05) is 0 Å². The molecule has 6 heteroatoms. The Balaban J connectivity index is 1.19. The minimum Gasteiger partial charge on any atom is -0.423 e. The fraction of sp³-hybridized carbons (Fsp3) is 0.0556. The lowest BCUT2D eigenvalue weighted by atomic mass is 10.1. The smallest absolute Gasteiger partial charge is 0.406 e. The van der Waals surface area contributed by atoms with Crippen LogP contribution in [-0.4, -0.2) is 13.0 Å². The van der Waals surface area contributed by atoms with Crippen LogP contribution in [0, 0.1) is 0 Å². The SMILES string of the molecule is c1ccc(OC(Oc2ccccc2)Oc2ccc3cc(OC(Oc4ccccc4)Oc4ccccc4)ccc3c2)cc1. The zero-order valence-electron chi connectivity index (χ0n) is 22.6. The molecule has 6 aromatic carbocycles. The van der Waals surface area contributed by atoms with E-state index in [2.05, 4.69) is 0 Å². The maximum Gasteiger partial charge on any atom is 0.406 e. The van der Waals surface area contributed by atoms with Crippen LogP contribution in [0.15, 0.2) is 158 Å². The Morgan fingerprint density at radius 1 is 0.262 bits per heavy atom. The monoisotopic (exact) mass is 556 g/mol. The summed E-state index contributed by atoms with van der Waals surface area (Å²) in [7, 11) is 0. The van der Waals surface area contributed by atoms with Gasteiger partial charge in [0.25, 0.3) is 0 Å². The van der Waals surface area contributed by atoms with Crippen molar-refractivity contribution in [3.05, 3.63) is 158 Å². The van der Waals surface area contributed by atoms with Gasteiger partial charge in [-0.05, 0) is 83.6 Å². The summed E-state index contributed by atoms with van der Waals surface area (Å²) >= 11 is 0. The Hall–Kier alpha value is -5.62. The highest BCUT2D eigenvalue weighted by atomic mass is 16.8. The number of fused-ring (bicyclic) bond motifs is 1. The van der Waals surface area contributed by atoms with Crippen LogP contribution in [0.3, 0.4) is 0 Å². The molecule has 0 heterocycles. The van der Waals surface area contributed by atoms with Crippen LogP contribution in [-0.2, 0) is 0 Å². The first kappa shape index (κ1) is 26.6. The van der Waals surface area contributed by atoms with E-state index in [9.17, 15) is 0 Å². The largest absolute Gasteiger partial charge is 0.423 e. The van der Waals surface area contributed by atoms with Gasteiger partial charge in [-0.2, -0.15) is 0 Å². The first-order valence-electron chi connectivity index (χ1n) is 13.5. The van der Waals surface area contributed by atoms with Gasteiger partial charge in [0.2, 0.25) is 0 Å². The van der Waals surface area contributed by atoms with Crippen molar-refractivity contribution in [3.63, 3.8) is 0 Å². The Morgan fingerprint density at radius 3 is 0.810 bits per heavy atom. The third kappa shape index (κ3) is 7.31. The standard InChI is InChI=1S/C36H28O6/c1-5-13-29(14-6-1)37-35(38-30-15-7-2-8-16-30)41-33-23-21-28-26-34(24-22-27(28)25-33)42-36(39-31-17-9-3-10-18-31)40-32-19-11-4-12-20-32/h1-26,35-36H. The minimum atomic E-state index is -0.999. The van der Waals surface area contributed by atoms with E-state index in [4.69, 9.17) is 28.4 Å². The van der Waals surface area contributed by atoms with Crippen molar-refractivity contribution in [2.24, 2.45) is 0 Å². The van der Waals surface area contributed by atoms with E-state index in [1.54, 1.807) is 0 Å². The van der Waals surface area contributed by atoms with Crippen molar-refractivity contribution >= 4 is 10.8 Å². The fourth-order valence-corrected chi connectivity index (χ4v) is 4.16. The molecule has 0 atom stereocenters. The van der Waals surface area contributed by atoms with Gasteiger partial charge >= 0.3 is 13.0 Å². The lowest BCUT2D eigenvalue weighted by molar-refractivity contribution is -0.140. The predicted octanol–water partition coefficient (Wildman–Crippen LogP) is 8.48. The van der Waals surface area contributed by atoms with Gasteiger partial charge in [-0.15, -0.1) is 0 Å². The minimum absolute atomic E-state index is 0.589. The van der Waals surface area contributed by atoms with E-state index < -0.39 is 13.0 Å². The van der Waals surface area contributed by atoms with Crippen molar-refractivity contribution in [1.82, 2.24) is 0 Å². The summed E-state index contributed by atoms with van der Waals surface area (Å²) in [5.74, 6) is 3.70. The molecule has 0 spiro atoms. The summed E-state index contributed by atoms with van der Waals surface area (Å²) in [4.78, 5) is 0. The zero-order chi connectivity index (χ0) is 28.4. The summed E-state index contributed by atoms with van der Waals surface area (Å²) in [6, 6.07) is 49.1. The second-order valence-electron chi connectivity index (χ2n) is 9.21. The molecular weight excluding hydrogens is 528 g/mol. The molecule has 0 N–H and O–H groups in total. The van der Waals surface area contributed by atoms with Gasteiger partial charge in [-0.25, -0.2) is 0 Å². The highest BCUT2D eigenvalue weighted by molar-refractivity contribution is 5.85. The molecule has 0 aliphatic carbocycles.